The molecule has 1 N–H and O–H groups in total. The maximum Gasteiger partial charge on any atom is 0.270 e. The van der Waals surface area contributed by atoms with Crippen molar-refractivity contribution in [3.8, 4) is 5.75 Å². The minimum atomic E-state index is -0.817. The van der Waals surface area contributed by atoms with Gasteiger partial charge in [0.25, 0.3) is 5.69 Å². The highest BCUT2D eigenvalue weighted by Gasteiger charge is 2.15. The number of ether oxygens (including phenoxy) is 2. The molecule has 6 nitrogen and oxygen atoms in total. The van der Waals surface area contributed by atoms with Crippen molar-refractivity contribution in [3.63, 3.8) is 0 Å². The molecule has 1 aromatic rings. The molecule has 1 aromatic carbocycles. The molecular formula is C12H17NO5. The lowest BCUT2D eigenvalue weighted by molar-refractivity contribution is -0.385. The van der Waals surface area contributed by atoms with Gasteiger partial charge in [0.15, 0.2) is 0 Å². The normalized spacial score (nSPS) is 12.2. The average molecular weight is 255 g/mol. The van der Waals surface area contributed by atoms with Gasteiger partial charge in [-0.05, 0) is 13.0 Å². The third kappa shape index (κ3) is 3.97. The Morgan fingerprint density at radius 3 is 2.72 bits per heavy atom. The topological polar surface area (TPSA) is 81.8 Å². The second kappa shape index (κ2) is 6.93. The third-order valence-corrected chi connectivity index (χ3v) is 2.40. The number of nitrogens with zero attached hydrogens (tertiary/aromatic N) is 1. The number of benzene rings is 1. The van der Waals surface area contributed by atoms with Crippen LogP contribution in [0, 0.1) is 10.1 Å². The lowest BCUT2D eigenvalue weighted by Gasteiger charge is -2.13. The van der Waals surface area contributed by atoms with Crippen LogP contribution in [0.4, 0.5) is 5.69 Å². The number of non-ortho nitro benzene ring substituents is 1. The van der Waals surface area contributed by atoms with Gasteiger partial charge >= 0.3 is 0 Å². The first-order valence-corrected chi connectivity index (χ1v) is 5.64. The first-order chi connectivity index (χ1) is 8.56. The summed E-state index contributed by atoms with van der Waals surface area (Å²) in [5, 5.41) is 20.2. The van der Waals surface area contributed by atoms with E-state index < -0.39 is 11.0 Å². The van der Waals surface area contributed by atoms with E-state index >= 15 is 0 Å². The summed E-state index contributed by atoms with van der Waals surface area (Å²) in [5.74, 6) is 0.465. The van der Waals surface area contributed by atoms with E-state index in [1.54, 1.807) is 14.0 Å². The van der Waals surface area contributed by atoms with Gasteiger partial charge in [0.2, 0.25) is 0 Å². The van der Waals surface area contributed by atoms with E-state index in [9.17, 15) is 15.2 Å². The molecule has 0 unspecified atom stereocenters. The van der Waals surface area contributed by atoms with E-state index in [2.05, 4.69) is 0 Å². The zero-order valence-electron chi connectivity index (χ0n) is 10.5. The Hall–Kier alpha value is -1.66. The Kier molecular flexibility index (Phi) is 5.54. The molecule has 0 aliphatic heterocycles. The fourth-order valence-electron chi connectivity index (χ4n) is 1.49. The van der Waals surface area contributed by atoms with Crippen molar-refractivity contribution in [1.29, 1.82) is 0 Å². The highest BCUT2D eigenvalue weighted by atomic mass is 16.6. The molecule has 0 bridgehead atoms. The fourth-order valence-corrected chi connectivity index (χ4v) is 1.49. The van der Waals surface area contributed by atoms with Crippen LogP contribution in [0.25, 0.3) is 0 Å². The number of aliphatic hydroxyl groups is 1. The van der Waals surface area contributed by atoms with Crippen molar-refractivity contribution < 1.29 is 19.5 Å². The lowest BCUT2D eigenvalue weighted by Crippen LogP contribution is -2.05. The van der Waals surface area contributed by atoms with Crippen LogP contribution in [-0.2, 0) is 4.74 Å². The van der Waals surface area contributed by atoms with Gasteiger partial charge in [0.1, 0.15) is 5.75 Å². The monoisotopic (exact) mass is 255 g/mol. The minimum Gasteiger partial charge on any atom is -0.493 e. The Labute approximate surface area is 105 Å². The molecule has 6 heteroatoms. The van der Waals surface area contributed by atoms with Crippen LogP contribution in [0.3, 0.4) is 0 Å². The molecule has 0 heterocycles. The zero-order valence-corrected chi connectivity index (χ0v) is 10.5. The summed E-state index contributed by atoms with van der Waals surface area (Å²) in [6.07, 6.45) is -0.102. The number of aliphatic hydroxyl groups excluding tert-OH is 1. The summed E-state index contributed by atoms with van der Waals surface area (Å²) in [5.41, 5.74) is 0.358. The van der Waals surface area contributed by atoms with Crippen LogP contribution in [0.1, 0.15) is 25.0 Å². The predicted octanol–water partition coefficient (Wildman–Crippen LogP) is 2.06. The molecule has 0 aliphatic rings. The van der Waals surface area contributed by atoms with Gasteiger partial charge in [-0.1, -0.05) is 0 Å². The summed E-state index contributed by atoms with van der Waals surface area (Å²) in [6, 6.07) is 4.20. The summed E-state index contributed by atoms with van der Waals surface area (Å²) in [4.78, 5) is 10.2. The molecule has 18 heavy (non-hydrogen) atoms. The van der Waals surface area contributed by atoms with Gasteiger partial charge in [-0.3, -0.25) is 10.1 Å². The van der Waals surface area contributed by atoms with E-state index in [1.165, 1.54) is 18.2 Å². The first-order valence-electron chi connectivity index (χ1n) is 5.64. The second-order valence-corrected chi connectivity index (χ2v) is 3.85. The Bertz CT molecular complexity index is 405. The van der Waals surface area contributed by atoms with Gasteiger partial charge in [-0.25, -0.2) is 0 Å². The Morgan fingerprint density at radius 1 is 1.44 bits per heavy atom. The highest BCUT2D eigenvalue weighted by molar-refractivity contribution is 5.44. The number of nitro groups is 1. The number of hydrogen-bond acceptors (Lipinski definition) is 5. The lowest BCUT2D eigenvalue weighted by atomic mass is 10.1. The smallest absolute Gasteiger partial charge is 0.270 e. The van der Waals surface area contributed by atoms with Crippen LogP contribution in [-0.4, -0.2) is 30.4 Å². The van der Waals surface area contributed by atoms with E-state index in [-0.39, 0.29) is 5.69 Å². The van der Waals surface area contributed by atoms with E-state index in [1.807, 2.05) is 0 Å². The van der Waals surface area contributed by atoms with Crippen LogP contribution in [0.2, 0.25) is 0 Å². The standard InChI is InChI=1S/C12H17NO5/c1-9(14)11-8-10(13(15)16)4-5-12(11)18-7-3-6-17-2/h4-5,8-9,14H,3,6-7H2,1-2H3/t9-/m1/s1. The van der Waals surface area contributed by atoms with Gasteiger partial charge in [-0.2, -0.15) is 0 Å². The second-order valence-electron chi connectivity index (χ2n) is 3.85. The molecule has 0 fully saturated rings. The van der Waals surface area contributed by atoms with Crippen molar-refractivity contribution in [2.24, 2.45) is 0 Å². The maximum atomic E-state index is 10.7. The van der Waals surface area contributed by atoms with Crippen molar-refractivity contribution in [2.45, 2.75) is 19.4 Å². The predicted molar refractivity (Wildman–Crippen MR) is 65.7 cm³/mol. The number of rotatable bonds is 7. The quantitative estimate of drug-likeness (QED) is 0.458. The molecule has 1 atom stereocenters. The molecule has 0 spiro atoms. The Balaban J connectivity index is 2.80. The SMILES string of the molecule is COCCCOc1ccc([N+](=O)[O-])cc1[C@@H](C)O. The van der Waals surface area contributed by atoms with Crippen LogP contribution >= 0.6 is 0 Å². The maximum absolute atomic E-state index is 10.7. The Morgan fingerprint density at radius 2 is 2.17 bits per heavy atom. The van der Waals surface area contributed by atoms with E-state index in [4.69, 9.17) is 9.47 Å². The summed E-state index contributed by atoms with van der Waals surface area (Å²) >= 11 is 0. The molecular weight excluding hydrogens is 238 g/mol. The van der Waals surface area contributed by atoms with Crippen molar-refractivity contribution >= 4 is 5.69 Å². The first kappa shape index (κ1) is 14.4. The average Bonchev–Trinajstić information content (AvgIpc) is 2.34. The molecule has 0 saturated carbocycles. The number of nitro benzene ring substituents is 1. The molecule has 0 aromatic heterocycles. The van der Waals surface area contributed by atoms with Gasteiger partial charge in [0, 0.05) is 37.8 Å². The molecule has 0 amide bonds. The summed E-state index contributed by atoms with van der Waals surface area (Å²) in [7, 11) is 1.60. The fraction of sp³-hybridized carbons (Fsp3) is 0.500. The zero-order chi connectivity index (χ0) is 13.5. The molecule has 0 radical (unpaired) electrons. The van der Waals surface area contributed by atoms with Gasteiger partial charge < -0.3 is 14.6 Å². The van der Waals surface area contributed by atoms with Crippen molar-refractivity contribution in [3.05, 3.63) is 33.9 Å². The van der Waals surface area contributed by atoms with Crippen molar-refractivity contribution in [2.75, 3.05) is 20.3 Å². The van der Waals surface area contributed by atoms with E-state index in [0.29, 0.717) is 30.9 Å². The molecule has 0 aliphatic carbocycles. The third-order valence-electron chi connectivity index (χ3n) is 2.40. The van der Waals surface area contributed by atoms with Crippen LogP contribution < -0.4 is 4.74 Å². The number of methoxy groups -OCH3 is 1. The minimum absolute atomic E-state index is 0.0601. The van der Waals surface area contributed by atoms with Crippen molar-refractivity contribution in [1.82, 2.24) is 0 Å². The summed E-state index contributed by atoms with van der Waals surface area (Å²) < 4.78 is 10.4. The molecule has 1 rings (SSSR count). The van der Waals surface area contributed by atoms with Gasteiger partial charge in [0.05, 0.1) is 17.6 Å². The van der Waals surface area contributed by atoms with Crippen LogP contribution in [0.15, 0.2) is 18.2 Å². The molecule has 0 saturated heterocycles. The van der Waals surface area contributed by atoms with E-state index in [0.717, 1.165) is 0 Å². The summed E-state index contributed by atoms with van der Waals surface area (Å²) in [6.45, 7) is 2.56. The molecule has 100 valence electrons. The highest BCUT2D eigenvalue weighted by Crippen LogP contribution is 2.29. The largest absolute Gasteiger partial charge is 0.493 e. The van der Waals surface area contributed by atoms with Crippen LogP contribution in [0.5, 0.6) is 5.75 Å². The number of hydrogen-bond donors (Lipinski definition) is 1. The van der Waals surface area contributed by atoms with Gasteiger partial charge in [-0.15, -0.1) is 0 Å².